The van der Waals surface area contributed by atoms with E-state index in [2.05, 4.69) is 36.6 Å². The van der Waals surface area contributed by atoms with E-state index in [0.29, 0.717) is 37.5 Å². The Hall–Kier alpha value is -3.35. The fourth-order valence-electron chi connectivity index (χ4n) is 4.42. The lowest BCUT2D eigenvalue weighted by Crippen LogP contribution is -2.42. The molecule has 2 heterocycles. The van der Waals surface area contributed by atoms with Crippen molar-refractivity contribution in [2.45, 2.75) is 18.9 Å². The quantitative estimate of drug-likeness (QED) is 0.360. The lowest BCUT2D eigenvalue weighted by atomic mass is 9.94. The molecule has 3 aromatic rings. The molecule has 0 bridgehead atoms. The fraction of sp³-hybridized carbons (Fsp3) is 0.346. The van der Waals surface area contributed by atoms with Crippen molar-refractivity contribution >= 4 is 33.7 Å². The van der Waals surface area contributed by atoms with Crippen molar-refractivity contribution in [2.75, 3.05) is 45.3 Å². The Balaban J connectivity index is 1.59. The van der Waals surface area contributed by atoms with Crippen LogP contribution >= 0.6 is 15.9 Å². The van der Waals surface area contributed by atoms with E-state index in [1.807, 2.05) is 6.07 Å². The molecular weight excluding hydrogens is 564 g/mol. The van der Waals surface area contributed by atoms with E-state index < -0.39 is 29.7 Å². The van der Waals surface area contributed by atoms with Gasteiger partial charge in [0.15, 0.2) is 23.1 Å². The number of nitrogens with zero attached hydrogens (tertiary/aromatic N) is 3. The van der Waals surface area contributed by atoms with Gasteiger partial charge in [-0.15, -0.1) is 0 Å². The normalized spacial score (nSPS) is 17.4. The van der Waals surface area contributed by atoms with Crippen LogP contribution in [0, 0.1) is 11.6 Å². The number of carbonyl (C=O) groups is 2. The summed E-state index contributed by atoms with van der Waals surface area (Å²) in [6, 6.07) is 11.8. The van der Waals surface area contributed by atoms with E-state index >= 15 is 0 Å². The highest BCUT2D eigenvalue weighted by Crippen LogP contribution is 2.31. The lowest BCUT2D eigenvalue weighted by molar-refractivity contribution is 0.0518. The Labute approximate surface area is 227 Å². The van der Waals surface area contributed by atoms with Crippen molar-refractivity contribution in [2.24, 2.45) is 0 Å². The van der Waals surface area contributed by atoms with Gasteiger partial charge in [0.2, 0.25) is 0 Å². The molecule has 12 heteroatoms. The third-order valence-corrected chi connectivity index (χ3v) is 6.98. The minimum Gasteiger partial charge on any atom is -0.461 e. The van der Waals surface area contributed by atoms with Gasteiger partial charge < -0.3 is 14.8 Å². The average molecular weight is 592 g/mol. The number of nitrogens with one attached hydrogen (secondary N) is 2. The number of anilines is 1. The zero-order valence-electron chi connectivity index (χ0n) is 20.9. The van der Waals surface area contributed by atoms with Gasteiger partial charge in [-0.2, -0.15) is 5.10 Å². The number of benzene rings is 2. The highest BCUT2D eigenvalue weighted by atomic mass is 79.9. The zero-order valence-corrected chi connectivity index (χ0v) is 22.5. The van der Waals surface area contributed by atoms with E-state index in [1.54, 1.807) is 38.3 Å². The third kappa shape index (κ3) is 6.20. The van der Waals surface area contributed by atoms with Crippen LogP contribution in [0.5, 0.6) is 0 Å². The maximum absolute atomic E-state index is 14.0. The second-order valence-corrected chi connectivity index (χ2v) is 9.51. The predicted octanol–water partition coefficient (Wildman–Crippen LogP) is 4.33. The van der Waals surface area contributed by atoms with E-state index in [-0.39, 0.29) is 28.5 Å². The standard InChI is InChI=1S/C26H28BrF2N5O4/c1-3-38-25(35)23-22(27)24(34(32-23)17-7-5-4-6-8-17)31-26(36)30-21-15-33(11-12-37-2)14-18(21)16-9-10-19(28)20(29)13-16/h4-10,13,18,21H,3,11-12,14-15H2,1-2H3,(H2,30,31,36)/t18-,21+/m0/s1. The number of esters is 1. The van der Waals surface area contributed by atoms with Crippen LogP contribution in [-0.4, -0.2) is 72.7 Å². The van der Waals surface area contributed by atoms with Crippen LogP contribution in [0.1, 0.15) is 28.9 Å². The van der Waals surface area contributed by atoms with Crippen LogP contribution in [0.15, 0.2) is 53.0 Å². The number of ether oxygens (including phenoxy) is 2. The lowest BCUT2D eigenvalue weighted by Gasteiger charge is -2.21. The molecule has 2 atom stereocenters. The molecule has 2 amide bonds. The smallest absolute Gasteiger partial charge is 0.360 e. The van der Waals surface area contributed by atoms with Gasteiger partial charge in [0, 0.05) is 32.7 Å². The molecule has 1 aliphatic heterocycles. The number of hydrogen-bond donors (Lipinski definition) is 2. The average Bonchev–Trinajstić information content (AvgIpc) is 3.45. The molecule has 2 N–H and O–H groups in total. The number of amides is 2. The summed E-state index contributed by atoms with van der Waals surface area (Å²) in [5.74, 6) is -2.56. The molecule has 1 aliphatic rings. The first-order valence-electron chi connectivity index (χ1n) is 12.1. The molecule has 1 fully saturated rings. The van der Waals surface area contributed by atoms with Crippen molar-refractivity contribution in [3.63, 3.8) is 0 Å². The highest BCUT2D eigenvalue weighted by molar-refractivity contribution is 9.10. The number of methoxy groups -OCH3 is 1. The summed E-state index contributed by atoms with van der Waals surface area (Å²) in [5, 5.41) is 10.1. The second kappa shape index (κ2) is 12.5. The van der Waals surface area contributed by atoms with Gasteiger partial charge in [-0.1, -0.05) is 24.3 Å². The number of aromatic nitrogens is 2. The van der Waals surface area contributed by atoms with Crippen molar-refractivity contribution in [3.05, 3.63) is 75.9 Å². The van der Waals surface area contributed by atoms with Gasteiger partial charge in [-0.25, -0.2) is 23.1 Å². The molecular formula is C26H28BrF2N5O4. The Bertz CT molecular complexity index is 1290. The summed E-state index contributed by atoms with van der Waals surface area (Å²) in [6.07, 6.45) is 0. The SMILES string of the molecule is CCOC(=O)c1nn(-c2ccccc2)c(NC(=O)N[C@@H]2CN(CCOC)C[C@H]2c2ccc(F)c(F)c2)c1Br. The van der Waals surface area contributed by atoms with Crippen LogP contribution in [-0.2, 0) is 9.47 Å². The summed E-state index contributed by atoms with van der Waals surface area (Å²) < 4.78 is 39.6. The molecule has 2 aromatic carbocycles. The predicted molar refractivity (Wildman–Crippen MR) is 141 cm³/mol. The Kier molecular flexibility index (Phi) is 9.08. The Morgan fingerprint density at radius 1 is 1.13 bits per heavy atom. The summed E-state index contributed by atoms with van der Waals surface area (Å²) >= 11 is 3.39. The van der Waals surface area contributed by atoms with Gasteiger partial charge in [0.05, 0.1) is 29.4 Å². The zero-order chi connectivity index (χ0) is 27.2. The molecule has 0 unspecified atom stereocenters. The van der Waals surface area contributed by atoms with Crippen molar-refractivity contribution in [1.29, 1.82) is 0 Å². The number of carbonyl (C=O) groups excluding carboxylic acids is 2. The fourth-order valence-corrected chi connectivity index (χ4v) is 4.93. The van der Waals surface area contributed by atoms with Crippen molar-refractivity contribution < 1.29 is 27.8 Å². The maximum Gasteiger partial charge on any atom is 0.360 e. The Morgan fingerprint density at radius 3 is 2.58 bits per heavy atom. The first kappa shape index (κ1) is 27.7. The first-order chi connectivity index (χ1) is 18.3. The maximum atomic E-state index is 14.0. The van der Waals surface area contributed by atoms with Gasteiger partial charge in [0.25, 0.3) is 0 Å². The largest absolute Gasteiger partial charge is 0.461 e. The second-order valence-electron chi connectivity index (χ2n) is 8.72. The first-order valence-corrected chi connectivity index (χ1v) is 12.9. The summed E-state index contributed by atoms with van der Waals surface area (Å²) in [7, 11) is 1.60. The number of urea groups is 1. The molecule has 0 saturated carbocycles. The van der Waals surface area contributed by atoms with Gasteiger partial charge >= 0.3 is 12.0 Å². The van der Waals surface area contributed by atoms with Crippen LogP contribution in [0.25, 0.3) is 5.69 Å². The summed E-state index contributed by atoms with van der Waals surface area (Å²) in [4.78, 5) is 27.8. The van der Waals surface area contributed by atoms with Gasteiger partial charge in [-0.05, 0) is 52.7 Å². The van der Waals surface area contributed by atoms with Crippen LogP contribution in [0.3, 0.4) is 0 Å². The topological polar surface area (TPSA) is 97.7 Å². The van der Waals surface area contributed by atoms with Crippen LogP contribution in [0.2, 0.25) is 0 Å². The summed E-state index contributed by atoms with van der Waals surface area (Å²) in [5.41, 5.74) is 1.21. The molecule has 0 aliphatic carbocycles. The minimum absolute atomic E-state index is 0.0114. The number of likely N-dealkylation sites (tertiary alicyclic amines) is 1. The minimum atomic E-state index is -0.941. The third-order valence-electron chi connectivity index (χ3n) is 6.22. The monoisotopic (exact) mass is 591 g/mol. The van der Waals surface area contributed by atoms with Crippen molar-refractivity contribution in [1.82, 2.24) is 20.0 Å². The number of hydrogen-bond acceptors (Lipinski definition) is 6. The number of rotatable bonds is 9. The van der Waals surface area contributed by atoms with Crippen LogP contribution in [0.4, 0.5) is 19.4 Å². The van der Waals surface area contributed by atoms with Gasteiger partial charge in [-0.3, -0.25) is 10.2 Å². The number of halogens is 3. The molecule has 38 heavy (non-hydrogen) atoms. The molecule has 1 saturated heterocycles. The molecule has 9 nitrogen and oxygen atoms in total. The van der Waals surface area contributed by atoms with Crippen LogP contribution < -0.4 is 10.6 Å². The van der Waals surface area contributed by atoms with Crippen molar-refractivity contribution in [3.8, 4) is 5.69 Å². The molecule has 0 spiro atoms. The molecule has 1 aromatic heterocycles. The highest BCUT2D eigenvalue weighted by Gasteiger charge is 2.35. The summed E-state index contributed by atoms with van der Waals surface area (Å²) in [6.45, 7) is 3.97. The van der Waals surface area contributed by atoms with Gasteiger partial charge in [0.1, 0.15) is 0 Å². The van der Waals surface area contributed by atoms with E-state index in [1.165, 1.54) is 16.8 Å². The molecule has 0 radical (unpaired) electrons. The Morgan fingerprint density at radius 2 is 1.89 bits per heavy atom. The van der Waals surface area contributed by atoms with E-state index in [0.717, 1.165) is 6.07 Å². The number of para-hydroxylation sites is 1. The molecule has 202 valence electrons. The molecule has 4 rings (SSSR count). The van der Waals surface area contributed by atoms with E-state index in [9.17, 15) is 18.4 Å². The van der Waals surface area contributed by atoms with E-state index in [4.69, 9.17) is 9.47 Å².